The maximum atomic E-state index is 12.5. The predicted octanol–water partition coefficient (Wildman–Crippen LogP) is 4.86. The molecule has 0 aliphatic carbocycles. The van der Waals surface area contributed by atoms with Crippen LogP contribution in [0.1, 0.15) is 16.3 Å². The second-order valence-electron chi connectivity index (χ2n) is 5.13. The molecule has 0 bridgehead atoms. The van der Waals surface area contributed by atoms with E-state index in [2.05, 4.69) is 25.9 Å². The van der Waals surface area contributed by atoms with Gasteiger partial charge in [0.15, 0.2) is 0 Å². The molecular formula is C16H14BrClN2OS. The normalized spacial score (nSPS) is 11.3. The van der Waals surface area contributed by atoms with E-state index in [-0.39, 0.29) is 5.56 Å². The Kier molecular flexibility index (Phi) is 4.39. The largest absolute Gasteiger partial charge is 0.310 e. The summed E-state index contributed by atoms with van der Waals surface area (Å²) in [5.41, 5.74) is 2.89. The van der Waals surface area contributed by atoms with Gasteiger partial charge in [0.05, 0.1) is 5.39 Å². The molecule has 0 fully saturated rings. The van der Waals surface area contributed by atoms with Crippen LogP contribution in [0.25, 0.3) is 21.3 Å². The summed E-state index contributed by atoms with van der Waals surface area (Å²) in [6, 6.07) is 5.84. The van der Waals surface area contributed by atoms with Gasteiger partial charge in [-0.25, -0.2) is 4.98 Å². The minimum atomic E-state index is -0.0760. The number of aromatic amines is 1. The zero-order valence-electron chi connectivity index (χ0n) is 12.2. The lowest BCUT2D eigenvalue weighted by Crippen LogP contribution is -2.11. The molecule has 2 aromatic heterocycles. The molecule has 0 amide bonds. The Hall–Kier alpha value is -1.17. The van der Waals surface area contributed by atoms with Crippen molar-refractivity contribution in [1.29, 1.82) is 0 Å². The molecule has 22 heavy (non-hydrogen) atoms. The molecule has 0 spiro atoms. The van der Waals surface area contributed by atoms with Crippen molar-refractivity contribution in [2.75, 3.05) is 5.33 Å². The molecule has 0 aliphatic heterocycles. The van der Waals surface area contributed by atoms with Gasteiger partial charge < -0.3 is 4.98 Å². The van der Waals surface area contributed by atoms with Crippen LogP contribution < -0.4 is 5.56 Å². The van der Waals surface area contributed by atoms with Gasteiger partial charge in [-0.05, 0) is 37.1 Å². The number of H-pyrrole nitrogens is 1. The van der Waals surface area contributed by atoms with E-state index in [0.717, 1.165) is 42.6 Å². The number of benzene rings is 1. The first-order chi connectivity index (χ1) is 10.5. The summed E-state index contributed by atoms with van der Waals surface area (Å²) in [6.45, 7) is 3.99. The molecule has 0 saturated heterocycles. The average Bonchev–Trinajstić information content (AvgIpc) is 2.79. The standard InChI is InChI=1S/C16H14BrClN2OS/c1-8-7-10(3-4-11(8)18)13-9(2)22-16-14(13)15(21)19-12(20-16)5-6-17/h3-4,7H,5-6H2,1-2H3,(H,19,20,21). The van der Waals surface area contributed by atoms with Crippen LogP contribution in [0.15, 0.2) is 23.0 Å². The molecule has 0 unspecified atom stereocenters. The van der Waals surface area contributed by atoms with E-state index < -0.39 is 0 Å². The molecule has 0 aliphatic rings. The first kappa shape index (κ1) is 15.7. The minimum Gasteiger partial charge on any atom is -0.310 e. The number of rotatable bonds is 3. The van der Waals surface area contributed by atoms with Crippen LogP contribution in [0.2, 0.25) is 5.02 Å². The lowest BCUT2D eigenvalue weighted by Gasteiger charge is -2.05. The summed E-state index contributed by atoms with van der Waals surface area (Å²) in [7, 11) is 0. The second kappa shape index (κ2) is 6.14. The first-order valence-corrected chi connectivity index (χ1v) is 9.17. The van der Waals surface area contributed by atoms with Gasteiger partial charge >= 0.3 is 0 Å². The molecule has 3 nitrogen and oxygen atoms in total. The smallest absolute Gasteiger partial charge is 0.260 e. The molecular weight excluding hydrogens is 384 g/mol. The third-order valence-corrected chi connectivity index (χ3v) is 5.38. The summed E-state index contributed by atoms with van der Waals surface area (Å²) in [5, 5.41) is 2.17. The summed E-state index contributed by atoms with van der Waals surface area (Å²) in [6.07, 6.45) is 0.706. The van der Waals surface area contributed by atoms with Crippen molar-refractivity contribution in [3.8, 4) is 11.1 Å². The van der Waals surface area contributed by atoms with Gasteiger partial charge in [-0.1, -0.05) is 33.6 Å². The molecule has 114 valence electrons. The van der Waals surface area contributed by atoms with Gasteiger partial charge in [0, 0.05) is 27.2 Å². The fourth-order valence-corrected chi connectivity index (χ4v) is 4.08. The van der Waals surface area contributed by atoms with Crippen molar-refractivity contribution in [3.05, 3.63) is 49.8 Å². The van der Waals surface area contributed by atoms with Gasteiger partial charge in [0.1, 0.15) is 10.7 Å². The van der Waals surface area contributed by atoms with Gasteiger partial charge in [-0.3, -0.25) is 4.79 Å². The maximum Gasteiger partial charge on any atom is 0.260 e. The molecule has 3 rings (SSSR count). The van der Waals surface area contributed by atoms with Crippen molar-refractivity contribution in [3.63, 3.8) is 0 Å². The third-order valence-electron chi connectivity index (χ3n) is 3.56. The number of alkyl halides is 1. The van der Waals surface area contributed by atoms with Crippen LogP contribution in [0, 0.1) is 13.8 Å². The predicted molar refractivity (Wildman–Crippen MR) is 97.7 cm³/mol. The van der Waals surface area contributed by atoms with E-state index in [1.54, 1.807) is 11.3 Å². The van der Waals surface area contributed by atoms with Crippen molar-refractivity contribution in [2.45, 2.75) is 20.3 Å². The highest BCUT2D eigenvalue weighted by molar-refractivity contribution is 9.09. The Morgan fingerprint density at radius 3 is 2.82 bits per heavy atom. The lowest BCUT2D eigenvalue weighted by atomic mass is 10.0. The number of nitrogens with one attached hydrogen (secondary N) is 1. The van der Waals surface area contributed by atoms with Crippen molar-refractivity contribution in [2.24, 2.45) is 0 Å². The van der Waals surface area contributed by atoms with E-state index in [4.69, 9.17) is 11.6 Å². The highest BCUT2D eigenvalue weighted by Gasteiger charge is 2.17. The van der Waals surface area contributed by atoms with Crippen molar-refractivity contribution >= 4 is 49.1 Å². The summed E-state index contributed by atoms with van der Waals surface area (Å²) in [4.78, 5) is 21.8. The molecule has 0 atom stereocenters. The van der Waals surface area contributed by atoms with Crippen molar-refractivity contribution in [1.82, 2.24) is 9.97 Å². The number of thiophene rings is 1. The Morgan fingerprint density at radius 2 is 2.14 bits per heavy atom. The fraction of sp³-hybridized carbons (Fsp3) is 0.250. The maximum absolute atomic E-state index is 12.5. The van der Waals surface area contributed by atoms with Crippen molar-refractivity contribution < 1.29 is 0 Å². The van der Waals surface area contributed by atoms with Crippen LogP contribution >= 0.6 is 38.9 Å². The molecule has 6 heteroatoms. The van der Waals surface area contributed by atoms with E-state index in [0.29, 0.717) is 11.8 Å². The van der Waals surface area contributed by atoms with E-state index in [9.17, 15) is 4.79 Å². The fourth-order valence-electron chi connectivity index (χ4n) is 2.52. The number of fused-ring (bicyclic) bond motifs is 1. The van der Waals surface area contributed by atoms with Crippen LogP contribution in [-0.2, 0) is 6.42 Å². The Bertz CT molecular complexity index is 916. The zero-order chi connectivity index (χ0) is 15.9. The quantitative estimate of drug-likeness (QED) is 0.642. The molecule has 2 heterocycles. The SMILES string of the molecule is Cc1cc(-c2c(C)sc3nc(CCBr)[nH]c(=O)c23)ccc1Cl. The second-order valence-corrected chi connectivity index (χ2v) is 7.53. The Balaban J connectivity index is 2.28. The number of nitrogens with zero attached hydrogens (tertiary/aromatic N) is 1. The highest BCUT2D eigenvalue weighted by atomic mass is 79.9. The van der Waals surface area contributed by atoms with Gasteiger partial charge in [0.2, 0.25) is 0 Å². The average molecular weight is 398 g/mol. The monoisotopic (exact) mass is 396 g/mol. The Morgan fingerprint density at radius 1 is 1.36 bits per heavy atom. The number of halogens is 2. The van der Waals surface area contributed by atoms with Gasteiger partial charge in [0.25, 0.3) is 5.56 Å². The van der Waals surface area contributed by atoms with Crippen LogP contribution in [-0.4, -0.2) is 15.3 Å². The topological polar surface area (TPSA) is 45.8 Å². The lowest BCUT2D eigenvalue weighted by molar-refractivity contribution is 0.960. The number of hydrogen-bond donors (Lipinski definition) is 1. The first-order valence-electron chi connectivity index (χ1n) is 6.86. The van der Waals surface area contributed by atoms with Crippen LogP contribution in [0.5, 0.6) is 0 Å². The van der Waals surface area contributed by atoms with E-state index >= 15 is 0 Å². The van der Waals surface area contributed by atoms with E-state index in [1.807, 2.05) is 32.0 Å². The summed E-state index contributed by atoms with van der Waals surface area (Å²) >= 11 is 11.0. The van der Waals surface area contributed by atoms with Crippen LogP contribution in [0.3, 0.4) is 0 Å². The third kappa shape index (κ3) is 2.73. The number of hydrogen-bond acceptors (Lipinski definition) is 3. The zero-order valence-corrected chi connectivity index (χ0v) is 15.3. The van der Waals surface area contributed by atoms with Gasteiger partial charge in [-0.15, -0.1) is 11.3 Å². The Labute approximate surface area is 145 Å². The summed E-state index contributed by atoms with van der Waals surface area (Å²) < 4.78 is 0. The molecule has 3 aromatic rings. The number of aryl methyl sites for hydroxylation is 3. The molecule has 0 saturated carbocycles. The minimum absolute atomic E-state index is 0.0760. The number of aromatic nitrogens is 2. The van der Waals surface area contributed by atoms with Crippen LogP contribution in [0.4, 0.5) is 0 Å². The van der Waals surface area contributed by atoms with Gasteiger partial charge in [-0.2, -0.15) is 0 Å². The van der Waals surface area contributed by atoms with E-state index in [1.165, 1.54) is 0 Å². The molecule has 1 N–H and O–H groups in total. The highest BCUT2D eigenvalue weighted by Crippen LogP contribution is 2.36. The molecule has 1 aromatic carbocycles. The summed E-state index contributed by atoms with van der Waals surface area (Å²) in [5.74, 6) is 0.717. The molecule has 0 radical (unpaired) electrons.